The third-order valence-electron chi connectivity index (χ3n) is 2.44. The van der Waals surface area contributed by atoms with Gasteiger partial charge in [-0.25, -0.2) is 4.98 Å². The minimum absolute atomic E-state index is 0.0966. The number of imidazole rings is 1. The number of benzene rings is 1. The van der Waals surface area contributed by atoms with E-state index in [1.165, 1.54) is 17.0 Å². The molecule has 1 aromatic heterocycles. The van der Waals surface area contributed by atoms with Crippen LogP contribution in [0.1, 0.15) is 5.56 Å². The topological polar surface area (TPSA) is 29.9 Å². The van der Waals surface area contributed by atoms with Gasteiger partial charge in [-0.1, -0.05) is 0 Å². The summed E-state index contributed by atoms with van der Waals surface area (Å²) in [5.74, 6) is 0. The second-order valence-corrected chi connectivity index (χ2v) is 3.46. The molecule has 1 heterocycles. The van der Waals surface area contributed by atoms with E-state index in [4.69, 9.17) is 0 Å². The van der Waals surface area contributed by atoms with Gasteiger partial charge in [-0.15, -0.1) is 0 Å². The second-order valence-electron chi connectivity index (χ2n) is 3.46. The van der Waals surface area contributed by atoms with Gasteiger partial charge in [0.1, 0.15) is 5.52 Å². The zero-order valence-corrected chi connectivity index (χ0v) is 8.76. The molecule has 0 radical (unpaired) electrons. The number of nitrogens with one attached hydrogen (secondary N) is 1. The Hall–Kier alpha value is -1.72. The molecular formula is C10H10F3N3. The van der Waals surface area contributed by atoms with Crippen LogP contribution in [0.4, 0.5) is 18.9 Å². The quantitative estimate of drug-likeness (QED) is 0.814. The van der Waals surface area contributed by atoms with E-state index in [1.807, 2.05) is 0 Å². The Labute approximate surface area is 89.9 Å². The van der Waals surface area contributed by atoms with Crippen molar-refractivity contribution >= 4 is 16.7 Å². The first-order valence-corrected chi connectivity index (χ1v) is 4.64. The molecule has 0 fully saturated rings. The third kappa shape index (κ3) is 1.50. The monoisotopic (exact) mass is 229 g/mol. The van der Waals surface area contributed by atoms with E-state index in [2.05, 4.69) is 10.3 Å². The fourth-order valence-electron chi connectivity index (χ4n) is 1.70. The van der Waals surface area contributed by atoms with Crippen LogP contribution in [0.15, 0.2) is 18.5 Å². The Morgan fingerprint density at radius 2 is 2.00 bits per heavy atom. The number of alkyl halides is 3. The van der Waals surface area contributed by atoms with Crippen molar-refractivity contribution in [1.82, 2.24) is 9.55 Å². The van der Waals surface area contributed by atoms with E-state index in [9.17, 15) is 13.2 Å². The van der Waals surface area contributed by atoms with Gasteiger partial charge >= 0.3 is 6.18 Å². The first kappa shape index (κ1) is 10.8. The molecule has 86 valence electrons. The summed E-state index contributed by atoms with van der Waals surface area (Å²) in [5, 5.41) is 2.82. The largest absolute Gasteiger partial charge is 0.418 e. The van der Waals surface area contributed by atoms with Crippen molar-refractivity contribution in [3.8, 4) is 0 Å². The highest BCUT2D eigenvalue weighted by molar-refractivity contribution is 5.91. The average molecular weight is 229 g/mol. The first-order valence-electron chi connectivity index (χ1n) is 4.64. The highest BCUT2D eigenvalue weighted by Crippen LogP contribution is 2.36. The molecule has 3 nitrogen and oxygen atoms in total. The fourth-order valence-corrected chi connectivity index (χ4v) is 1.70. The number of hydrogen-bond donors (Lipinski definition) is 1. The van der Waals surface area contributed by atoms with E-state index in [0.29, 0.717) is 11.2 Å². The lowest BCUT2D eigenvalue weighted by Gasteiger charge is -2.11. The van der Waals surface area contributed by atoms with Crippen LogP contribution in [-0.4, -0.2) is 16.6 Å². The molecule has 0 amide bonds. The Morgan fingerprint density at radius 3 is 2.56 bits per heavy atom. The van der Waals surface area contributed by atoms with Crippen LogP contribution in [0.5, 0.6) is 0 Å². The summed E-state index contributed by atoms with van der Waals surface area (Å²) in [6.07, 6.45) is -2.99. The van der Waals surface area contributed by atoms with Gasteiger partial charge in [0, 0.05) is 14.1 Å². The fraction of sp³-hybridized carbons (Fsp3) is 0.300. The SMILES string of the molecule is CNc1ccc(C(F)(F)F)c2c1ncn2C. The van der Waals surface area contributed by atoms with Crippen molar-refractivity contribution in [2.45, 2.75) is 6.18 Å². The Kier molecular flexibility index (Phi) is 2.29. The Morgan fingerprint density at radius 1 is 1.31 bits per heavy atom. The molecular weight excluding hydrogens is 219 g/mol. The molecule has 0 unspecified atom stereocenters. The van der Waals surface area contributed by atoms with Crippen LogP contribution in [0.25, 0.3) is 11.0 Å². The van der Waals surface area contributed by atoms with Crippen molar-refractivity contribution < 1.29 is 13.2 Å². The molecule has 1 aromatic carbocycles. The minimum atomic E-state index is -4.36. The van der Waals surface area contributed by atoms with Gasteiger partial charge < -0.3 is 9.88 Å². The lowest BCUT2D eigenvalue weighted by molar-refractivity contribution is -0.136. The smallest absolute Gasteiger partial charge is 0.386 e. The summed E-state index contributed by atoms with van der Waals surface area (Å²) in [6.45, 7) is 0. The molecule has 0 spiro atoms. The van der Waals surface area contributed by atoms with Crippen LogP contribution in [0.2, 0.25) is 0 Å². The Bertz CT molecular complexity index is 528. The molecule has 16 heavy (non-hydrogen) atoms. The molecule has 0 bridgehead atoms. The van der Waals surface area contributed by atoms with Crippen molar-refractivity contribution in [3.63, 3.8) is 0 Å². The summed E-state index contributed by atoms with van der Waals surface area (Å²) in [6, 6.07) is 2.45. The lowest BCUT2D eigenvalue weighted by Crippen LogP contribution is -2.08. The van der Waals surface area contributed by atoms with Crippen molar-refractivity contribution in [3.05, 3.63) is 24.0 Å². The number of nitrogens with zero attached hydrogens (tertiary/aromatic N) is 2. The zero-order valence-electron chi connectivity index (χ0n) is 8.76. The van der Waals surface area contributed by atoms with E-state index >= 15 is 0 Å². The first-order chi connectivity index (χ1) is 7.45. The van der Waals surface area contributed by atoms with Crippen molar-refractivity contribution in [2.24, 2.45) is 7.05 Å². The highest BCUT2D eigenvalue weighted by Gasteiger charge is 2.34. The summed E-state index contributed by atoms with van der Waals surface area (Å²) >= 11 is 0. The van der Waals surface area contributed by atoms with Crippen LogP contribution < -0.4 is 5.32 Å². The number of rotatable bonds is 1. The summed E-state index contributed by atoms with van der Waals surface area (Å²) in [4.78, 5) is 3.96. The number of aromatic nitrogens is 2. The average Bonchev–Trinajstić information content (AvgIpc) is 2.58. The van der Waals surface area contributed by atoms with E-state index in [1.54, 1.807) is 14.1 Å². The van der Waals surface area contributed by atoms with E-state index < -0.39 is 11.7 Å². The molecule has 0 saturated heterocycles. The number of fused-ring (bicyclic) bond motifs is 1. The second kappa shape index (κ2) is 3.40. The highest BCUT2D eigenvalue weighted by atomic mass is 19.4. The molecule has 0 aliphatic heterocycles. The van der Waals surface area contributed by atoms with Crippen molar-refractivity contribution in [2.75, 3.05) is 12.4 Å². The van der Waals surface area contributed by atoms with Crippen LogP contribution in [0, 0.1) is 0 Å². The molecule has 6 heteroatoms. The molecule has 0 atom stereocenters. The molecule has 0 aliphatic carbocycles. The maximum Gasteiger partial charge on any atom is 0.418 e. The lowest BCUT2D eigenvalue weighted by atomic mass is 10.1. The predicted molar refractivity (Wildman–Crippen MR) is 55.3 cm³/mol. The zero-order chi connectivity index (χ0) is 11.9. The van der Waals surface area contributed by atoms with Gasteiger partial charge in [0.05, 0.1) is 23.1 Å². The van der Waals surface area contributed by atoms with Gasteiger partial charge in [-0.2, -0.15) is 13.2 Å². The normalized spacial score (nSPS) is 12.1. The maximum absolute atomic E-state index is 12.7. The maximum atomic E-state index is 12.7. The number of aryl methyl sites for hydroxylation is 1. The van der Waals surface area contributed by atoms with Crippen LogP contribution in [-0.2, 0) is 13.2 Å². The molecule has 0 saturated carbocycles. The summed E-state index contributed by atoms with van der Waals surface area (Å²) in [7, 11) is 3.20. The molecule has 1 N–H and O–H groups in total. The van der Waals surface area contributed by atoms with Gasteiger partial charge in [0.2, 0.25) is 0 Å². The third-order valence-corrected chi connectivity index (χ3v) is 2.44. The van der Waals surface area contributed by atoms with Gasteiger partial charge in [-0.05, 0) is 12.1 Å². The number of hydrogen-bond acceptors (Lipinski definition) is 2. The number of anilines is 1. The number of halogens is 3. The van der Waals surface area contributed by atoms with Gasteiger partial charge in [-0.3, -0.25) is 0 Å². The molecule has 2 aromatic rings. The van der Waals surface area contributed by atoms with Gasteiger partial charge in [0.15, 0.2) is 0 Å². The minimum Gasteiger partial charge on any atom is -0.386 e. The van der Waals surface area contributed by atoms with Crippen LogP contribution >= 0.6 is 0 Å². The van der Waals surface area contributed by atoms with Crippen LogP contribution in [0.3, 0.4) is 0 Å². The van der Waals surface area contributed by atoms with E-state index in [-0.39, 0.29) is 5.52 Å². The van der Waals surface area contributed by atoms with Gasteiger partial charge in [0.25, 0.3) is 0 Å². The van der Waals surface area contributed by atoms with E-state index in [0.717, 1.165) is 6.07 Å². The standard InChI is InChI=1S/C10H10F3N3/c1-14-7-4-3-6(10(11,12)13)9-8(7)15-5-16(9)2/h3-5,14H,1-2H3. The molecule has 2 rings (SSSR count). The summed E-state index contributed by atoms with van der Waals surface area (Å²) in [5.41, 5.74) is 0.351. The predicted octanol–water partition coefficient (Wildman–Crippen LogP) is 2.63. The Balaban J connectivity index is 2.83. The summed E-state index contributed by atoms with van der Waals surface area (Å²) < 4.78 is 39.6. The van der Waals surface area contributed by atoms with Crippen molar-refractivity contribution in [1.29, 1.82) is 0 Å². The molecule has 0 aliphatic rings.